The molecule has 0 aliphatic heterocycles. The first kappa shape index (κ1) is 17.0. The summed E-state index contributed by atoms with van der Waals surface area (Å²) in [6.07, 6.45) is 0. The van der Waals surface area contributed by atoms with Gasteiger partial charge in [0.05, 0.1) is 10.6 Å². The summed E-state index contributed by atoms with van der Waals surface area (Å²) in [6.45, 7) is 3.82. The lowest BCUT2D eigenvalue weighted by molar-refractivity contribution is -0.119. The van der Waals surface area contributed by atoms with Crippen LogP contribution in [0.2, 0.25) is 0 Å². The molecule has 0 saturated heterocycles. The quantitative estimate of drug-likeness (QED) is 0.883. The van der Waals surface area contributed by atoms with Crippen molar-refractivity contribution in [3.05, 3.63) is 60.2 Å². The van der Waals surface area contributed by atoms with Gasteiger partial charge in [-0.2, -0.15) is 0 Å². The molecule has 0 aliphatic carbocycles. The van der Waals surface area contributed by atoms with E-state index in [-0.39, 0.29) is 17.3 Å². The number of amides is 1. The van der Waals surface area contributed by atoms with E-state index in [0.29, 0.717) is 12.2 Å². The highest BCUT2D eigenvalue weighted by Crippen LogP contribution is 2.23. The number of rotatable bonds is 6. The molecule has 2 aromatic carbocycles. The van der Waals surface area contributed by atoms with Crippen molar-refractivity contribution in [2.75, 3.05) is 17.4 Å². The second-order valence-corrected chi connectivity index (χ2v) is 6.98. The Bertz CT molecular complexity index is 773. The molecule has 0 saturated carbocycles. The second-order valence-electron chi connectivity index (χ2n) is 5.12. The number of nitrogens with one attached hydrogen (secondary N) is 1. The van der Waals surface area contributed by atoms with Gasteiger partial charge < -0.3 is 5.32 Å². The Morgan fingerprint density at radius 2 is 1.78 bits per heavy atom. The molecule has 0 unspecified atom stereocenters. The molecule has 0 spiro atoms. The highest BCUT2D eigenvalue weighted by atomic mass is 32.2. The molecule has 0 bridgehead atoms. The summed E-state index contributed by atoms with van der Waals surface area (Å²) in [5.41, 5.74) is 1.30. The highest BCUT2D eigenvalue weighted by Gasteiger charge is 2.26. The summed E-state index contributed by atoms with van der Waals surface area (Å²) < 4.78 is 27.1. The highest BCUT2D eigenvalue weighted by molar-refractivity contribution is 7.92. The van der Waals surface area contributed by atoms with E-state index in [0.717, 1.165) is 9.87 Å². The molecule has 2 aromatic rings. The van der Waals surface area contributed by atoms with Crippen LogP contribution in [-0.4, -0.2) is 27.4 Å². The van der Waals surface area contributed by atoms with Crippen LogP contribution in [0.25, 0.3) is 0 Å². The number of benzene rings is 2. The van der Waals surface area contributed by atoms with E-state index in [2.05, 4.69) is 5.32 Å². The maximum absolute atomic E-state index is 13.0. The average Bonchev–Trinajstić information content (AvgIpc) is 2.53. The van der Waals surface area contributed by atoms with Crippen molar-refractivity contribution in [3.8, 4) is 0 Å². The number of anilines is 1. The minimum absolute atomic E-state index is 0.172. The van der Waals surface area contributed by atoms with Crippen molar-refractivity contribution in [3.63, 3.8) is 0 Å². The van der Waals surface area contributed by atoms with Gasteiger partial charge in [-0.25, -0.2) is 8.42 Å². The normalized spacial score (nSPS) is 11.0. The largest absolute Gasteiger partial charge is 0.355 e. The number of carbonyl (C=O) groups is 1. The van der Waals surface area contributed by atoms with Crippen LogP contribution in [0.5, 0.6) is 0 Å². The SMILES string of the molecule is CCNC(=O)CN(c1ccccc1)S(=O)(=O)c1cccc(C)c1. The van der Waals surface area contributed by atoms with Gasteiger partial charge in [0.25, 0.3) is 10.0 Å². The number of hydrogen-bond acceptors (Lipinski definition) is 3. The number of sulfonamides is 1. The molecule has 23 heavy (non-hydrogen) atoms. The third-order valence-corrected chi connectivity index (χ3v) is 5.05. The minimum Gasteiger partial charge on any atom is -0.355 e. The van der Waals surface area contributed by atoms with Gasteiger partial charge in [0.2, 0.25) is 5.91 Å². The Balaban J connectivity index is 2.46. The summed E-state index contributed by atoms with van der Waals surface area (Å²) in [6, 6.07) is 15.3. The fraction of sp³-hybridized carbons (Fsp3) is 0.235. The van der Waals surface area contributed by atoms with E-state index in [1.807, 2.05) is 13.0 Å². The zero-order valence-corrected chi connectivity index (χ0v) is 14.0. The van der Waals surface area contributed by atoms with E-state index >= 15 is 0 Å². The summed E-state index contributed by atoms with van der Waals surface area (Å²) in [5, 5.41) is 2.64. The van der Waals surface area contributed by atoms with E-state index < -0.39 is 10.0 Å². The maximum atomic E-state index is 13.0. The van der Waals surface area contributed by atoms with Crippen LogP contribution in [0.1, 0.15) is 12.5 Å². The van der Waals surface area contributed by atoms with E-state index in [1.165, 1.54) is 6.07 Å². The van der Waals surface area contributed by atoms with E-state index in [1.54, 1.807) is 49.4 Å². The predicted molar refractivity (Wildman–Crippen MR) is 90.8 cm³/mol. The first-order valence-electron chi connectivity index (χ1n) is 7.36. The van der Waals surface area contributed by atoms with Crippen LogP contribution in [0.3, 0.4) is 0 Å². The molecule has 0 atom stereocenters. The van der Waals surface area contributed by atoms with Gasteiger partial charge in [-0.1, -0.05) is 30.3 Å². The molecule has 5 nitrogen and oxygen atoms in total. The van der Waals surface area contributed by atoms with Crippen molar-refractivity contribution in [2.24, 2.45) is 0 Å². The molecule has 1 N–H and O–H groups in total. The maximum Gasteiger partial charge on any atom is 0.264 e. The van der Waals surface area contributed by atoms with Gasteiger partial charge in [0, 0.05) is 6.54 Å². The lowest BCUT2D eigenvalue weighted by Gasteiger charge is -2.24. The monoisotopic (exact) mass is 332 g/mol. The average molecular weight is 332 g/mol. The molecule has 0 fully saturated rings. The number of aryl methyl sites for hydroxylation is 1. The molecule has 0 radical (unpaired) electrons. The third kappa shape index (κ3) is 4.10. The topological polar surface area (TPSA) is 66.5 Å². The summed E-state index contributed by atoms with van der Waals surface area (Å²) in [4.78, 5) is 12.1. The van der Waals surface area contributed by atoms with Crippen LogP contribution in [0.15, 0.2) is 59.5 Å². The molecule has 0 heterocycles. The van der Waals surface area contributed by atoms with Crippen LogP contribution in [-0.2, 0) is 14.8 Å². The first-order chi connectivity index (χ1) is 10.9. The Labute approximate surface area is 137 Å². The molecule has 122 valence electrons. The smallest absolute Gasteiger partial charge is 0.264 e. The van der Waals surface area contributed by atoms with Crippen LogP contribution in [0, 0.1) is 6.92 Å². The number of para-hydroxylation sites is 1. The van der Waals surface area contributed by atoms with E-state index in [4.69, 9.17) is 0 Å². The van der Waals surface area contributed by atoms with Crippen molar-refractivity contribution in [1.82, 2.24) is 5.32 Å². The van der Waals surface area contributed by atoms with Gasteiger partial charge in [-0.15, -0.1) is 0 Å². The molecular formula is C17H20N2O3S. The number of likely N-dealkylation sites (N-methyl/N-ethyl adjacent to an activating group) is 1. The third-order valence-electron chi connectivity index (χ3n) is 3.28. The Morgan fingerprint density at radius 3 is 2.39 bits per heavy atom. The Kier molecular flexibility index (Phi) is 5.39. The molecule has 0 aliphatic rings. The Hall–Kier alpha value is -2.34. The van der Waals surface area contributed by atoms with Crippen LogP contribution < -0.4 is 9.62 Å². The molecule has 0 aromatic heterocycles. The lowest BCUT2D eigenvalue weighted by atomic mass is 10.2. The molecular weight excluding hydrogens is 312 g/mol. The number of carbonyl (C=O) groups excluding carboxylic acids is 1. The van der Waals surface area contributed by atoms with Crippen molar-refractivity contribution in [2.45, 2.75) is 18.7 Å². The number of nitrogens with zero attached hydrogens (tertiary/aromatic N) is 1. The number of hydrogen-bond donors (Lipinski definition) is 1. The van der Waals surface area contributed by atoms with E-state index in [9.17, 15) is 13.2 Å². The zero-order valence-electron chi connectivity index (χ0n) is 13.2. The predicted octanol–water partition coefficient (Wildman–Crippen LogP) is 2.33. The molecule has 2 rings (SSSR count). The summed E-state index contributed by atoms with van der Waals surface area (Å²) >= 11 is 0. The lowest BCUT2D eigenvalue weighted by Crippen LogP contribution is -2.40. The molecule has 1 amide bonds. The second kappa shape index (κ2) is 7.28. The van der Waals surface area contributed by atoms with Gasteiger partial charge in [0.15, 0.2) is 0 Å². The van der Waals surface area contributed by atoms with Crippen molar-refractivity contribution >= 4 is 21.6 Å². The minimum atomic E-state index is -3.82. The fourth-order valence-corrected chi connectivity index (χ4v) is 3.72. The Morgan fingerprint density at radius 1 is 1.09 bits per heavy atom. The summed E-state index contributed by atoms with van der Waals surface area (Å²) in [7, 11) is -3.82. The van der Waals surface area contributed by atoms with Gasteiger partial charge in [-0.3, -0.25) is 9.10 Å². The van der Waals surface area contributed by atoms with Crippen LogP contribution in [0.4, 0.5) is 5.69 Å². The van der Waals surface area contributed by atoms with Gasteiger partial charge in [-0.05, 0) is 43.7 Å². The van der Waals surface area contributed by atoms with Gasteiger partial charge >= 0.3 is 0 Å². The van der Waals surface area contributed by atoms with Crippen molar-refractivity contribution < 1.29 is 13.2 Å². The first-order valence-corrected chi connectivity index (χ1v) is 8.80. The molecule has 6 heteroatoms. The van der Waals surface area contributed by atoms with Crippen LogP contribution >= 0.6 is 0 Å². The fourth-order valence-electron chi connectivity index (χ4n) is 2.20. The van der Waals surface area contributed by atoms with Gasteiger partial charge in [0.1, 0.15) is 6.54 Å². The van der Waals surface area contributed by atoms with Crippen molar-refractivity contribution in [1.29, 1.82) is 0 Å². The standard InChI is InChI=1S/C17H20N2O3S/c1-3-18-17(20)13-19(15-9-5-4-6-10-15)23(21,22)16-11-7-8-14(2)12-16/h4-12H,3,13H2,1-2H3,(H,18,20). The summed E-state index contributed by atoms with van der Waals surface area (Å²) in [5.74, 6) is -0.340. The zero-order chi connectivity index (χ0) is 16.9.